The maximum Gasteiger partial charge on any atom is 0.186 e. The van der Waals surface area contributed by atoms with Gasteiger partial charge in [-0.3, -0.25) is 0 Å². The van der Waals surface area contributed by atoms with Gasteiger partial charge in [-0.25, -0.2) is 4.98 Å². The Morgan fingerprint density at radius 3 is 2.72 bits per heavy atom. The number of halogens is 1. The molecule has 0 N–H and O–H groups in total. The Morgan fingerprint density at radius 1 is 1.39 bits per heavy atom. The van der Waals surface area contributed by atoms with Crippen molar-refractivity contribution in [3.8, 4) is 0 Å². The summed E-state index contributed by atoms with van der Waals surface area (Å²) in [5.74, 6) is 0. The molecule has 2 rings (SSSR count). The number of aromatic nitrogens is 1. The van der Waals surface area contributed by atoms with Crippen LogP contribution in [0.3, 0.4) is 0 Å². The van der Waals surface area contributed by atoms with Gasteiger partial charge in [0, 0.05) is 18.4 Å². The number of anilines is 1. The zero-order chi connectivity index (χ0) is 13.0. The first-order valence-corrected chi connectivity index (χ1v) is 8.66. The van der Waals surface area contributed by atoms with Gasteiger partial charge in [0.1, 0.15) is 0 Å². The lowest BCUT2D eigenvalue weighted by Gasteiger charge is -2.25. The van der Waals surface area contributed by atoms with Crippen LogP contribution >= 0.6 is 27.3 Å². The quantitative estimate of drug-likeness (QED) is 0.749. The number of nitrogens with zero attached hydrogens (tertiary/aromatic N) is 2. The van der Waals surface area contributed by atoms with Crippen molar-refractivity contribution in [2.24, 2.45) is 0 Å². The standard InChI is InChI=1S/C14H21BrN2S/c1-3-12(10-15)9-13-11(2)16-14(18-13)17-7-5-4-6-8-17/h9H,3-8,10H2,1-2H3. The summed E-state index contributed by atoms with van der Waals surface area (Å²) in [6.45, 7) is 6.68. The molecule has 1 aliphatic heterocycles. The molecule has 1 aromatic rings. The van der Waals surface area contributed by atoms with Gasteiger partial charge in [-0.1, -0.05) is 39.8 Å². The predicted molar refractivity (Wildman–Crippen MR) is 85.0 cm³/mol. The van der Waals surface area contributed by atoms with Gasteiger partial charge < -0.3 is 4.90 Å². The first kappa shape index (κ1) is 14.1. The summed E-state index contributed by atoms with van der Waals surface area (Å²) in [6.07, 6.45) is 7.39. The minimum atomic E-state index is 0.958. The Hall–Kier alpha value is -0.350. The molecule has 1 aromatic heterocycles. The van der Waals surface area contributed by atoms with Crippen LogP contribution in [0.4, 0.5) is 5.13 Å². The molecule has 0 spiro atoms. The highest BCUT2D eigenvalue weighted by atomic mass is 79.9. The van der Waals surface area contributed by atoms with Gasteiger partial charge in [0.25, 0.3) is 0 Å². The Balaban J connectivity index is 2.18. The summed E-state index contributed by atoms with van der Waals surface area (Å²) in [6, 6.07) is 0. The van der Waals surface area contributed by atoms with Crippen LogP contribution in [0, 0.1) is 6.92 Å². The third-order valence-corrected chi connectivity index (χ3v) is 5.29. The van der Waals surface area contributed by atoms with Gasteiger partial charge in [-0.05, 0) is 38.7 Å². The molecule has 4 heteroatoms. The molecule has 0 radical (unpaired) electrons. The summed E-state index contributed by atoms with van der Waals surface area (Å²) in [7, 11) is 0. The highest BCUT2D eigenvalue weighted by Gasteiger charge is 2.15. The fourth-order valence-electron chi connectivity index (χ4n) is 2.17. The lowest BCUT2D eigenvalue weighted by atomic mass is 10.1. The van der Waals surface area contributed by atoms with Crippen molar-refractivity contribution in [3.05, 3.63) is 16.1 Å². The third-order valence-electron chi connectivity index (χ3n) is 3.41. The fraction of sp³-hybridized carbons (Fsp3) is 0.643. The van der Waals surface area contributed by atoms with E-state index in [-0.39, 0.29) is 0 Å². The maximum atomic E-state index is 4.74. The molecule has 2 nitrogen and oxygen atoms in total. The van der Waals surface area contributed by atoms with Gasteiger partial charge in [0.15, 0.2) is 5.13 Å². The minimum Gasteiger partial charge on any atom is -0.348 e. The predicted octanol–water partition coefficient (Wildman–Crippen LogP) is 4.63. The van der Waals surface area contributed by atoms with E-state index in [1.807, 2.05) is 11.3 Å². The zero-order valence-corrected chi connectivity index (χ0v) is 13.6. The normalized spacial score (nSPS) is 17.3. The fourth-order valence-corrected chi connectivity index (χ4v) is 3.84. The Kier molecular flexibility index (Phi) is 5.25. The van der Waals surface area contributed by atoms with Crippen molar-refractivity contribution in [1.82, 2.24) is 4.98 Å². The maximum absolute atomic E-state index is 4.74. The van der Waals surface area contributed by atoms with Crippen LogP contribution in [0.1, 0.15) is 43.2 Å². The molecule has 100 valence electrons. The molecule has 1 saturated heterocycles. The molecule has 0 aromatic carbocycles. The molecule has 0 unspecified atom stereocenters. The number of rotatable bonds is 4. The second-order valence-electron chi connectivity index (χ2n) is 4.78. The van der Waals surface area contributed by atoms with E-state index in [4.69, 9.17) is 4.98 Å². The number of allylic oxidation sites excluding steroid dienone is 1. The first-order chi connectivity index (χ1) is 8.74. The average Bonchev–Trinajstić information content (AvgIpc) is 2.78. The van der Waals surface area contributed by atoms with E-state index in [0.29, 0.717) is 0 Å². The molecule has 0 amide bonds. The molecular weight excluding hydrogens is 308 g/mol. The Bertz CT molecular complexity index is 413. The summed E-state index contributed by atoms with van der Waals surface area (Å²) < 4.78 is 0. The van der Waals surface area contributed by atoms with Crippen LogP contribution in [-0.2, 0) is 0 Å². The average molecular weight is 329 g/mol. The van der Waals surface area contributed by atoms with Crippen LogP contribution in [0.2, 0.25) is 0 Å². The van der Waals surface area contributed by atoms with E-state index in [2.05, 4.69) is 40.8 Å². The summed E-state index contributed by atoms with van der Waals surface area (Å²) >= 11 is 5.39. The van der Waals surface area contributed by atoms with Gasteiger partial charge in [0.05, 0.1) is 10.6 Å². The molecule has 2 heterocycles. The van der Waals surface area contributed by atoms with Crippen LogP contribution in [0.15, 0.2) is 5.57 Å². The number of alkyl halides is 1. The van der Waals surface area contributed by atoms with E-state index in [9.17, 15) is 0 Å². The van der Waals surface area contributed by atoms with E-state index < -0.39 is 0 Å². The smallest absolute Gasteiger partial charge is 0.186 e. The van der Waals surface area contributed by atoms with Gasteiger partial charge >= 0.3 is 0 Å². The van der Waals surface area contributed by atoms with Crippen LogP contribution in [-0.4, -0.2) is 23.4 Å². The number of hydrogen-bond donors (Lipinski definition) is 0. The van der Waals surface area contributed by atoms with Crippen molar-refractivity contribution < 1.29 is 0 Å². The number of aryl methyl sites for hydroxylation is 1. The van der Waals surface area contributed by atoms with E-state index >= 15 is 0 Å². The molecular formula is C14H21BrN2S. The highest BCUT2D eigenvalue weighted by molar-refractivity contribution is 9.09. The van der Waals surface area contributed by atoms with Crippen molar-refractivity contribution in [2.45, 2.75) is 39.5 Å². The number of piperidine rings is 1. The van der Waals surface area contributed by atoms with Gasteiger partial charge in [0.2, 0.25) is 0 Å². The largest absolute Gasteiger partial charge is 0.348 e. The molecule has 1 fully saturated rings. The van der Waals surface area contributed by atoms with Crippen molar-refractivity contribution in [2.75, 3.05) is 23.3 Å². The van der Waals surface area contributed by atoms with Crippen LogP contribution in [0.5, 0.6) is 0 Å². The summed E-state index contributed by atoms with van der Waals surface area (Å²) in [4.78, 5) is 8.51. The third kappa shape index (κ3) is 3.35. The second-order valence-corrected chi connectivity index (χ2v) is 6.35. The molecule has 18 heavy (non-hydrogen) atoms. The van der Waals surface area contributed by atoms with Gasteiger partial charge in [-0.15, -0.1) is 0 Å². The lowest BCUT2D eigenvalue weighted by Crippen LogP contribution is -2.29. The van der Waals surface area contributed by atoms with Crippen molar-refractivity contribution in [3.63, 3.8) is 0 Å². The monoisotopic (exact) mass is 328 g/mol. The summed E-state index contributed by atoms with van der Waals surface area (Å²) in [5, 5.41) is 2.17. The topological polar surface area (TPSA) is 16.1 Å². The highest BCUT2D eigenvalue weighted by Crippen LogP contribution is 2.30. The zero-order valence-electron chi connectivity index (χ0n) is 11.2. The first-order valence-electron chi connectivity index (χ1n) is 6.72. The van der Waals surface area contributed by atoms with Crippen molar-refractivity contribution >= 4 is 38.5 Å². The Labute approximate surface area is 122 Å². The van der Waals surface area contributed by atoms with E-state index in [0.717, 1.165) is 11.8 Å². The molecule has 0 atom stereocenters. The molecule has 0 aliphatic carbocycles. The molecule has 0 bridgehead atoms. The lowest BCUT2D eigenvalue weighted by molar-refractivity contribution is 0.576. The molecule has 1 aliphatic rings. The Morgan fingerprint density at radius 2 is 2.11 bits per heavy atom. The van der Waals surface area contributed by atoms with Crippen LogP contribution < -0.4 is 4.90 Å². The minimum absolute atomic E-state index is 0.958. The van der Waals surface area contributed by atoms with Crippen molar-refractivity contribution in [1.29, 1.82) is 0 Å². The van der Waals surface area contributed by atoms with Crippen LogP contribution in [0.25, 0.3) is 6.08 Å². The van der Waals surface area contributed by atoms with E-state index in [1.54, 1.807) is 0 Å². The molecule has 0 saturated carbocycles. The number of thiazole rings is 1. The SMILES string of the molecule is CCC(=Cc1sc(N2CCCCC2)nc1C)CBr. The summed E-state index contributed by atoms with van der Waals surface area (Å²) in [5.41, 5.74) is 2.61. The van der Waals surface area contributed by atoms with E-state index in [1.165, 1.54) is 53.6 Å². The second kappa shape index (κ2) is 6.71. The number of hydrogen-bond acceptors (Lipinski definition) is 3. The van der Waals surface area contributed by atoms with Gasteiger partial charge in [-0.2, -0.15) is 0 Å².